The Labute approximate surface area is 141 Å². The second kappa shape index (κ2) is 7.01. The van der Waals surface area contributed by atoms with Crippen molar-refractivity contribution in [3.63, 3.8) is 0 Å². The van der Waals surface area contributed by atoms with E-state index >= 15 is 0 Å². The normalized spacial score (nSPS) is 10.2. The van der Waals surface area contributed by atoms with Gasteiger partial charge < -0.3 is 25.2 Å². The van der Waals surface area contributed by atoms with Gasteiger partial charge in [-0.25, -0.2) is 0 Å². The van der Waals surface area contributed by atoms with E-state index in [-0.39, 0.29) is 29.1 Å². The lowest BCUT2D eigenvalue weighted by atomic mass is 10.1. The molecule has 3 aromatic rings. The minimum atomic E-state index is -0.564. The first-order valence-electron chi connectivity index (χ1n) is 6.82. The van der Waals surface area contributed by atoms with Gasteiger partial charge in [0.1, 0.15) is 5.58 Å². The van der Waals surface area contributed by atoms with Gasteiger partial charge in [-0.15, -0.1) is 12.4 Å². The number of rotatable bonds is 4. The molecule has 0 bridgehead atoms. The fourth-order valence-electron chi connectivity index (χ4n) is 2.21. The number of aromatic hydroxyl groups is 1. The second-order valence-corrected chi connectivity index (χ2v) is 4.85. The Morgan fingerprint density at radius 1 is 1.25 bits per heavy atom. The van der Waals surface area contributed by atoms with Crippen molar-refractivity contribution in [1.82, 2.24) is 4.98 Å². The van der Waals surface area contributed by atoms with Gasteiger partial charge in [-0.3, -0.25) is 9.59 Å². The van der Waals surface area contributed by atoms with Crippen LogP contribution in [0.25, 0.3) is 22.3 Å². The number of halogens is 1. The Bertz CT molecular complexity index is 990. The van der Waals surface area contributed by atoms with Crippen LogP contribution in [0.15, 0.2) is 50.5 Å². The van der Waals surface area contributed by atoms with Gasteiger partial charge in [0.25, 0.3) is 0 Å². The number of benzene rings is 1. The van der Waals surface area contributed by atoms with Gasteiger partial charge in [0.05, 0.1) is 5.39 Å². The van der Waals surface area contributed by atoms with E-state index in [9.17, 15) is 14.7 Å². The van der Waals surface area contributed by atoms with Crippen molar-refractivity contribution in [2.75, 3.05) is 11.9 Å². The Balaban J connectivity index is 0.00000208. The zero-order valence-electron chi connectivity index (χ0n) is 12.3. The van der Waals surface area contributed by atoms with Crippen molar-refractivity contribution in [2.24, 2.45) is 0 Å². The molecule has 2 heterocycles. The molecule has 124 valence electrons. The first kappa shape index (κ1) is 17.3. The number of hydrogen-bond donors (Lipinski definition) is 4. The summed E-state index contributed by atoms with van der Waals surface area (Å²) in [6, 6.07) is 7.62. The Morgan fingerprint density at radius 2 is 2.04 bits per heavy atom. The van der Waals surface area contributed by atoms with Crippen LogP contribution in [-0.2, 0) is 0 Å². The monoisotopic (exact) mass is 347 g/mol. The molecule has 3 rings (SSSR count). The quantitative estimate of drug-likeness (QED) is 0.540. The van der Waals surface area contributed by atoms with E-state index in [0.717, 1.165) is 0 Å². The summed E-state index contributed by atoms with van der Waals surface area (Å²) < 4.78 is 5.61. The van der Waals surface area contributed by atoms with Crippen LogP contribution in [0.2, 0.25) is 0 Å². The van der Waals surface area contributed by atoms with Gasteiger partial charge >= 0.3 is 0 Å². The number of anilines is 1. The smallest absolute Gasteiger partial charge is 0.247 e. The van der Waals surface area contributed by atoms with Crippen LogP contribution in [0.4, 0.5) is 5.69 Å². The molecule has 0 amide bonds. The van der Waals surface area contributed by atoms with Crippen molar-refractivity contribution >= 4 is 35.3 Å². The Morgan fingerprint density at radius 3 is 2.71 bits per heavy atom. The largest absolute Gasteiger partial charge is 0.502 e. The molecule has 4 N–H and O–H groups in total. The maximum atomic E-state index is 12.4. The van der Waals surface area contributed by atoms with Crippen LogP contribution >= 0.6 is 12.4 Å². The molecule has 0 aliphatic rings. The van der Waals surface area contributed by atoms with Gasteiger partial charge in [-0.05, 0) is 24.3 Å². The number of hydrogen-bond acceptors (Lipinski definition) is 6. The topological polar surface area (TPSA) is 119 Å². The number of aromatic nitrogens is 1. The average molecular weight is 348 g/mol. The highest BCUT2D eigenvalue weighted by Gasteiger charge is 2.15. The molecule has 0 atom stereocenters. The van der Waals surface area contributed by atoms with Crippen molar-refractivity contribution in [1.29, 1.82) is 5.41 Å². The van der Waals surface area contributed by atoms with Gasteiger partial charge in [-0.2, -0.15) is 0 Å². The Hall–Kier alpha value is -3.06. The van der Waals surface area contributed by atoms with Crippen LogP contribution in [-0.4, -0.2) is 22.8 Å². The maximum Gasteiger partial charge on any atom is 0.247 e. The maximum absolute atomic E-state index is 12.4. The van der Waals surface area contributed by atoms with E-state index in [1.54, 1.807) is 18.2 Å². The van der Waals surface area contributed by atoms with Gasteiger partial charge in [0.15, 0.2) is 5.76 Å². The molecule has 0 saturated carbocycles. The third-order valence-corrected chi connectivity index (χ3v) is 3.32. The van der Waals surface area contributed by atoms with E-state index in [1.807, 2.05) is 0 Å². The Kier molecular flexibility index (Phi) is 5.05. The fourth-order valence-corrected chi connectivity index (χ4v) is 2.21. The summed E-state index contributed by atoms with van der Waals surface area (Å²) in [4.78, 5) is 25.9. The predicted molar refractivity (Wildman–Crippen MR) is 94.7 cm³/mol. The van der Waals surface area contributed by atoms with Crippen molar-refractivity contribution in [2.45, 2.75) is 0 Å². The predicted octanol–water partition coefficient (Wildman–Crippen LogP) is 2.34. The van der Waals surface area contributed by atoms with Crippen LogP contribution in [0.5, 0.6) is 5.75 Å². The summed E-state index contributed by atoms with van der Waals surface area (Å²) in [5.41, 5.74) is 0.496. The molecule has 0 aliphatic carbocycles. The number of nitrogens with one attached hydrogen (secondary N) is 3. The number of aromatic amines is 1. The summed E-state index contributed by atoms with van der Waals surface area (Å²) in [5.74, 6) is -0.521. The fraction of sp³-hybridized carbons (Fsp3) is 0.0625. The third kappa shape index (κ3) is 3.16. The summed E-state index contributed by atoms with van der Waals surface area (Å²) in [6.45, 7) is 0.332. The molecule has 8 heteroatoms. The minimum Gasteiger partial charge on any atom is -0.502 e. The zero-order valence-corrected chi connectivity index (χ0v) is 13.1. The van der Waals surface area contributed by atoms with Crippen molar-refractivity contribution in [3.05, 3.63) is 57.1 Å². The molecule has 0 radical (unpaired) electrons. The lowest BCUT2D eigenvalue weighted by Crippen LogP contribution is -2.06. The molecule has 1 aromatic carbocycles. The molecule has 0 aliphatic heterocycles. The first-order chi connectivity index (χ1) is 11.1. The van der Waals surface area contributed by atoms with E-state index in [1.165, 1.54) is 24.5 Å². The summed E-state index contributed by atoms with van der Waals surface area (Å²) in [5, 5.41) is 20.3. The highest BCUT2D eigenvalue weighted by atomic mass is 35.5. The molecular weight excluding hydrogens is 334 g/mol. The number of pyridine rings is 1. The lowest BCUT2D eigenvalue weighted by molar-refractivity contribution is 0.449. The molecule has 24 heavy (non-hydrogen) atoms. The third-order valence-electron chi connectivity index (χ3n) is 3.32. The highest BCUT2D eigenvalue weighted by molar-refractivity contribution is 5.85. The zero-order chi connectivity index (χ0) is 16.4. The second-order valence-electron chi connectivity index (χ2n) is 4.85. The molecule has 0 unspecified atom stereocenters. The van der Waals surface area contributed by atoms with E-state index in [0.29, 0.717) is 23.4 Å². The SMILES string of the molecule is Cl.N=CCNc1ccc2oc(-c3ccc(=O)[nH]c3)c(O)c(=O)c2c1. The van der Waals surface area contributed by atoms with Crippen LogP contribution < -0.4 is 16.3 Å². The molecule has 7 nitrogen and oxygen atoms in total. The standard InChI is InChI=1S/C16H13N3O4.ClH/c17-5-6-18-10-2-3-12-11(7-10)14(21)15(22)16(23-12)9-1-4-13(20)19-8-9;/h1-5,7-8,17-18,22H,6H2,(H,19,20);1H. The number of H-pyrrole nitrogens is 1. The first-order valence-corrected chi connectivity index (χ1v) is 6.82. The number of fused-ring (bicyclic) bond motifs is 1. The molecule has 0 fully saturated rings. The summed E-state index contributed by atoms with van der Waals surface area (Å²) in [7, 11) is 0. The van der Waals surface area contributed by atoms with E-state index < -0.39 is 11.2 Å². The van der Waals surface area contributed by atoms with Gasteiger partial charge in [0.2, 0.25) is 16.7 Å². The van der Waals surface area contributed by atoms with Gasteiger partial charge in [0, 0.05) is 36.3 Å². The minimum absolute atomic E-state index is 0. The molecule has 0 spiro atoms. The van der Waals surface area contributed by atoms with Crippen LogP contribution in [0.3, 0.4) is 0 Å². The molecular formula is C16H14ClN3O4. The molecule has 2 aromatic heterocycles. The summed E-state index contributed by atoms with van der Waals surface area (Å²) in [6.07, 6.45) is 2.57. The van der Waals surface area contributed by atoms with Crippen LogP contribution in [0, 0.1) is 5.41 Å². The average Bonchev–Trinajstić information content (AvgIpc) is 2.57. The van der Waals surface area contributed by atoms with E-state index in [2.05, 4.69) is 10.3 Å². The van der Waals surface area contributed by atoms with Crippen LogP contribution in [0.1, 0.15) is 0 Å². The molecule has 0 saturated heterocycles. The van der Waals surface area contributed by atoms with E-state index in [4.69, 9.17) is 9.83 Å². The summed E-state index contributed by atoms with van der Waals surface area (Å²) >= 11 is 0. The van der Waals surface area contributed by atoms with Crippen molar-refractivity contribution in [3.8, 4) is 17.1 Å². The highest BCUT2D eigenvalue weighted by Crippen LogP contribution is 2.29. The lowest BCUT2D eigenvalue weighted by Gasteiger charge is -2.08. The van der Waals surface area contributed by atoms with Gasteiger partial charge in [-0.1, -0.05) is 0 Å². The van der Waals surface area contributed by atoms with Crippen molar-refractivity contribution < 1.29 is 9.52 Å².